The number of hydrogen-bond donors (Lipinski definition) is 2. The average Bonchev–Trinajstić information content (AvgIpc) is 2.65. The van der Waals surface area contributed by atoms with Crippen LogP contribution in [0.1, 0.15) is 20.8 Å². The predicted molar refractivity (Wildman–Crippen MR) is 78.1 cm³/mol. The highest BCUT2D eigenvalue weighted by atomic mass is 79.9. The third kappa shape index (κ3) is 2.70. The number of rotatable bonds is 2. The summed E-state index contributed by atoms with van der Waals surface area (Å²) in [6.45, 7) is 3.82. The summed E-state index contributed by atoms with van der Waals surface area (Å²) < 4.78 is 0.967. The lowest BCUT2D eigenvalue weighted by atomic mass is 10.2. The van der Waals surface area contributed by atoms with Gasteiger partial charge in [0.05, 0.1) is 20.5 Å². The minimum Gasteiger partial charge on any atom is -0.397 e. The van der Waals surface area contributed by atoms with E-state index in [0.717, 1.165) is 14.9 Å². The average molecular weight is 326 g/mol. The SMILES string of the molecule is Cc1cc(NC(=O)c2cc(C)c(Br)s2)ncc1N. The third-order valence-corrected chi connectivity index (χ3v) is 4.61. The van der Waals surface area contributed by atoms with E-state index in [1.54, 1.807) is 12.3 Å². The number of carbonyl (C=O) groups is 1. The van der Waals surface area contributed by atoms with Gasteiger partial charge in [0.15, 0.2) is 0 Å². The summed E-state index contributed by atoms with van der Waals surface area (Å²) in [5.74, 6) is 0.347. The number of pyridine rings is 1. The Kier molecular flexibility index (Phi) is 3.68. The van der Waals surface area contributed by atoms with Crippen LogP contribution in [0, 0.1) is 13.8 Å². The number of halogens is 1. The molecule has 18 heavy (non-hydrogen) atoms. The van der Waals surface area contributed by atoms with Crippen LogP contribution < -0.4 is 11.1 Å². The molecular formula is C12H12BrN3OS. The Morgan fingerprint density at radius 1 is 1.39 bits per heavy atom. The summed E-state index contributed by atoms with van der Waals surface area (Å²) in [4.78, 5) is 16.7. The first kappa shape index (κ1) is 13.0. The summed E-state index contributed by atoms with van der Waals surface area (Å²) in [6.07, 6.45) is 1.54. The van der Waals surface area contributed by atoms with Gasteiger partial charge in [-0.25, -0.2) is 4.98 Å². The highest BCUT2D eigenvalue weighted by Crippen LogP contribution is 2.27. The summed E-state index contributed by atoms with van der Waals surface area (Å²) in [6, 6.07) is 3.59. The fourth-order valence-electron chi connectivity index (χ4n) is 1.38. The van der Waals surface area contributed by atoms with E-state index in [1.165, 1.54) is 11.3 Å². The lowest BCUT2D eigenvalue weighted by Crippen LogP contribution is -2.11. The van der Waals surface area contributed by atoms with E-state index in [9.17, 15) is 4.79 Å². The minimum absolute atomic E-state index is 0.162. The molecule has 94 valence electrons. The standard InChI is InChI=1S/C12H12BrN3OS/c1-6-4-10(15-5-8(6)14)16-12(17)9-3-7(2)11(13)18-9/h3-5H,14H2,1-2H3,(H,15,16,17). The largest absolute Gasteiger partial charge is 0.397 e. The smallest absolute Gasteiger partial charge is 0.266 e. The van der Waals surface area contributed by atoms with Crippen LogP contribution in [0.25, 0.3) is 0 Å². The topological polar surface area (TPSA) is 68.0 Å². The van der Waals surface area contributed by atoms with Gasteiger partial charge in [-0.15, -0.1) is 11.3 Å². The van der Waals surface area contributed by atoms with Gasteiger partial charge in [-0.05, 0) is 53.0 Å². The molecule has 0 aliphatic heterocycles. The van der Waals surface area contributed by atoms with Crippen molar-refractivity contribution in [2.75, 3.05) is 11.1 Å². The van der Waals surface area contributed by atoms with Crippen molar-refractivity contribution < 1.29 is 4.79 Å². The molecule has 2 rings (SSSR count). The number of carbonyl (C=O) groups excluding carboxylic acids is 1. The van der Waals surface area contributed by atoms with Gasteiger partial charge in [-0.1, -0.05) is 0 Å². The first-order valence-electron chi connectivity index (χ1n) is 5.27. The second kappa shape index (κ2) is 5.07. The molecule has 2 heterocycles. The Balaban J connectivity index is 2.18. The van der Waals surface area contributed by atoms with Gasteiger partial charge < -0.3 is 11.1 Å². The molecular weight excluding hydrogens is 314 g/mol. The zero-order valence-corrected chi connectivity index (χ0v) is 12.4. The van der Waals surface area contributed by atoms with Crippen LogP contribution in [0.3, 0.4) is 0 Å². The highest BCUT2D eigenvalue weighted by molar-refractivity contribution is 9.11. The van der Waals surface area contributed by atoms with Crippen LogP contribution in [0.15, 0.2) is 22.1 Å². The highest BCUT2D eigenvalue weighted by Gasteiger charge is 2.12. The number of amides is 1. The molecule has 0 atom stereocenters. The number of nitrogens with one attached hydrogen (secondary N) is 1. The van der Waals surface area contributed by atoms with Crippen LogP contribution in [0.5, 0.6) is 0 Å². The number of anilines is 2. The Morgan fingerprint density at radius 2 is 2.11 bits per heavy atom. The summed E-state index contributed by atoms with van der Waals surface area (Å²) in [5, 5.41) is 2.75. The van der Waals surface area contributed by atoms with Crippen molar-refractivity contribution in [1.82, 2.24) is 4.98 Å². The Morgan fingerprint density at radius 3 is 2.67 bits per heavy atom. The van der Waals surface area contributed by atoms with Crippen molar-refractivity contribution in [3.05, 3.63) is 38.1 Å². The second-order valence-corrected chi connectivity index (χ2v) is 6.32. The number of aromatic nitrogens is 1. The molecule has 0 spiro atoms. The van der Waals surface area contributed by atoms with Crippen LogP contribution >= 0.6 is 27.3 Å². The van der Waals surface area contributed by atoms with Crippen molar-refractivity contribution in [2.45, 2.75) is 13.8 Å². The number of nitrogen functional groups attached to an aromatic ring is 1. The molecule has 1 amide bonds. The van der Waals surface area contributed by atoms with E-state index in [1.807, 2.05) is 19.9 Å². The number of hydrogen-bond acceptors (Lipinski definition) is 4. The zero-order chi connectivity index (χ0) is 13.3. The van der Waals surface area contributed by atoms with Gasteiger partial charge in [0.1, 0.15) is 5.82 Å². The van der Waals surface area contributed by atoms with E-state index in [2.05, 4.69) is 26.2 Å². The van der Waals surface area contributed by atoms with Crippen LogP contribution in [0.4, 0.5) is 11.5 Å². The molecule has 4 nitrogen and oxygen atoms in total. The number of nitrogens with zero attached hydrogens (tertiary/aromatic N) is 1. The summed E-state index contributed by atoms with van der Waals surface area (Å²) in [5.41, 5.74) is 8.23. The normalized spacial score (nSPS) is 10.4. The quantitative estimate of drug-likeness (QED) is 0.889. The van der Waals surface area contributed by atoms with Crippen molar-refractivity contribution >= 4 is 44.7 Å². The number of nitrogens with two attached hydrogens (primary N) is 1. The molecule has 0 saturated heterocycles. The summed E-state index contributed by atoms with van der Waals surface area (Å²) in [7, 11) is 0. The molecule has 0 aliphatic rings. The van der Waals surface area contributed by atoms with Gasteiger partial charge in [-0.2, -0.15) is 0 Å². The molecule has 0 bridgehead atoms. The van der Waals surface area contributed by atoms with Crippen molar-refractivity contribution in [1.29, 1.82) is 0 Å². The van der Waals surface area contributed by atoms with Crippen molar-refractivity contribution in [3.63, 3.8) is 0 Å². The predicted octanol–water partition coefficient (Wildman–Crippen LogP) is 3.36. The lowest BCUT2D eigenvalue weighted by Gasteiger charge is -2.05. The molecule has 0 aliphatic carbocycles. The van der Waals surface area contributed by atoms with Gasteiger partial charge in [0.2, 0.25) is 0 Å². The van der Waals surface area contributed by atoms with E-state index >= 15 is 0 Å². The van der Waals surface area contributed by atoms with E-state index in [0.29, 0.717) is 16.4 Å². The molecule has 0 saturated carbocycles. The van der Waals surface area contributed by atoms with E-state index < -0.39 is 0 Å². The molecule has 0 fully saturated rings. The van der Waals surface area contributed by atoms with Gasteiger partial charge >= 0.3 is 0 Å². The molecule has 2 aromatic rings. The third-order valence-electron chi connectivity index (χ3n) is 2.47. The molecule has 3 N–H and O–H groups in total. The fraction of sp³-hybridized carbons (Fsp3) is 0.167. The Labute approximate surface area is 117 Å². The molecule has 0 aromatic carbocycles. The maximum atomic E-state index is 12.0. The van der Waals surface area contributed by atoms with Crippen molar-refractivity contribution in [3.8, 4) is 0 Å². The van der Waals surface area contributed by atoms with Crippen molar-refractivity contribution in [2.24, 2.45) is 0 Å². The Hall–Kier alpha value is -1.40. The monoisotopic (exact) mass is 325 g/mol. The van der Waals surface area contributed by atoms with Gasteiger partial charge in [0, 0.05) is 0 Å². The lowest BCUT2D eigenvalue weighted by molar-refractivity contribution is 0.103. The van der Waals surface area contributed by atoms with Gasteiger partial charge in [-0.3, -0.25) is 4.79 Å². The molecule has 2 aromatic heterocycles. The molecule has 0 unspecified atom stereocenters. The van der Waals surface area contributed by atoms with Crippen LogP contribution in [-0.2, 0) is 0 Å². The van der Waals surface area contributed by atoms with Gasteiger partial charge in [0.25, 0.3) is 5.91 Å². The number of thiophene rings is 1. The van der Waals surface area contributed by atoms with E-state index in [4.69, 9.17) is 5.73 Å². The fourth-order valence-corrected chi connectivity index (χ4v) is 2.81. The maximum absolute atomic E-state index is 12.0. The zero-order valence-electron chi connectivity index (χ0n) is 9.95. The number of aryl methyl sites for hydroxylation is 2. The molecule has 0 radical (unpaired) electrons. The van der Waals surface area contributed by atoms with E-state index in [-0.39, 0.29) is 5.91 Å². The minimum atomic E-state index is -0.162. The summed E-state index contributed by atoms with van der Waals surface area (Å²) >= 11 is 4.80. The molecule has 6 heteroatoms. The Bertz CT molecular complexity index is 590. The van der Waals surface area contributed by atoms with Crippen LogP contribution in [0.2, 0.25) is 0 Å². The first-order valence-corrected chi connectivity index (χ1v) is 6.87. The van der Waals surface area contributed by atoms with Crippen LogP contribution in [-0.4, -0.2) is 10.9 Å². The second-order valence-electron chi connectivity index (χ2n) is 3.95. The maximum Gasteiger partial charge on any atom is 0.266 e. The first-order chi connectivity index (χ1) is 8.47.